The van der Waals surface area contributed by atoms with Gasteiger partial charge in [-0.2, -0.15) is 0 Å². The molecule has 1 fully saturated rings. The normalized spacial score (nSPS) is 16.4. The summed E-state index contributed by atoms with van der Waals surface area (Å²) in [7, 11) is 1.86. The standard InChI is InChI=1S/C23H25N3O2/c1-26(14-4-6-19-7-5-15-28-19)23(27)18-12-10-17(11-13-18)22-16-24-20-8-2-3-9-21(20)25-22/h2-3,8-13,16,19H,4-7,14-15H2,1H3. The van der Waals surface area contributed by atoms with E-state index < -0.39 is 0 Å². The van der Waals surface area contributed by atoms with Crippen LogP contribution in [0.1, 0.15) is 36.0 Å². The lowest BCUT2D eigenvalue weighted by atomic mass is 10.1. The van der Waals surface area contributed by atoms with Crippen LogP contribution >= 0.6 is 0 Å². The maximum absolute atomic E-state index is 12.7. The number of fused-ring (bicyclic) bond motifs is 1. The molecule has 2 heterocycles. The van der Waals surface area contributed by atoms with Gasteiger partial charge in [0.2, 0.25) is 0 Å². The minimum atomic E-state index is 0.0449. The Morgan fingerprint density at radius 1 is 1.14 bits per heavy atom. The summed E-state index contributed by atoms with van der Waals surface area (Å²) in [5.41, 5.74) is 4.20. The topological polar surface area (TPSA) is 55.3 Å². The van der Waals surface area contributed by atoms with Crippen LogP contribution in [0.5, 0.6) is 0 Å². The quantitative estimate of drug-likeness (QED) is 0.644. The number of para-hydroxylation sites is 2. The molecular weight excluding hydrogens is 350 g/mol. The van der Waals surface area contributed by atoms with Gasteiger partial charge in [0.25, 0.3) is 5.91 Å². The molecule has 5 heteroatoms. The summed E-state index contributed by atoms with van der Waals surface area (Å²) in [6.07, 6.45) is 6.46. The first-order valence-electron chi connectivity index (χ1n) is 9.90. The van der Waals surface area contributed by atoms with E-state index in [0.29, 0.717) is 11.7 Å². The van der Waals surface area contributed by atoms with E-state index in [1.165, 1.54) is 0 Å². The summed E-state index contributed by atoms with van der Waals surface area (Å²) in [5, 5.41) is 0. The van der Waals surface area contributed by atoms with Gasteiger partial charge in [-0.05, 0) is 49.9 Å². The van der Waals surface area contributed by atoms with Crippen molar-refractivity contribution in [2.45, 2.75) is 31.8 Å². The summed E-state index contributed by atoms with van der Waals surface area (Å²) in [4.78, 5) is 23.6. The van der Waals surface area contributed by atoms with Crippen molar-refractivity contribution in [3.63, 3.8) is 0 Å². The number of hydrogen-bond donors (Lipinski definition) is 0. The first-order chi connectivity index (χ1) is 13.7. The highest BCUT2D eigenvalue weighted by Crippen LogP contribution is 2.21. The van der Waals surface area contributed by atoms with Gasteiger partial charge < -0.3 is 9.64 Å². The molecule has 0 N–H and O–H groups in total. The molecule has 1 aromatic heterocycles. The molecule has 1 aliphatic rings. The number of carbonyl (C=O) groups is 1. The molecule has 1 amide bonds. The Kier molecular flexibility index (Phi) is 5.63. The Morgan fingerprint density at radius 3 is 2.68 bits per heavy atom. The van der Waals surface area contributed by atoms with Gasteiger partial charge in [-0.25, -0.2) is 4.98 Å². The van der Waals surface area contributed by atoms with E-state index in [-0.39, 0.29) is 5.91 Å². The largest absolute Gasteiger partial charge is 0.378 e. The molecule has 2 aromatic carbocycles. The van der Waals surface area contributed by atoms with Gasteiger partial charge in [0.15, 0.2) is 0 Å². The van der Waals surface area contributed by atoms with E-state index in [2.05, 4.69) is 9.97 Å². The SMILES string of the molecule is CN(CCCC1CCCO1)C(=O)c1ccc(-c2cnc3ccccc3n2)cc1. The minimum Gasteiger partial charge on any atom is -0.378 e. The highest BCUT2D eigenvalue weighted by atomic mass is 16.5. The van der Waals surface area contributed by atoms with Crippen molar-refractivity contribution < 1.29 is 9.53 Å². The Morgan fingerprint density at radius 2 is 1.93 bits per heavy atom. The zero-order valence-corrected chi connectivity index (χ0v) is 16.2. The Bertz CT molecular complexity index is 949. The summed E-state index contributed by atoms with van der Waals surface area (Å²) in [5.74, 6) is 0.0449. The van der Waals surface area contributed by atoms with E-state index in [1.54, 1.807) is 11.1 Å². The fraction of sp³-hybridized carbons (Fsp3) is 0.348. The maximum atomic E-state index is 12.7. The average Bonchev–Trinajstić information content (AvgIpc) is 3.26. The van der Waals surface area contributed by atoms with Crippen LogP contribution in [0.15, 0.2) is 54.7 Å². The van der Waals surface area contributed by atoms with E-state index in [1.807, 2.05) is 55.6 Å². The highest BCUT2D eigenvalue weighted by molar-refractivity contribution is 5.94. The summed E-state index contributed by atoms with van der Waals surface area (Å²) >= 11 is 0. The Hall–Kier alpha value is -2.79. The molecule has 1 atom stereocenters. The third kappa shape index (κ3) is 4.20. The van der Waals surface area contributed by atoms with Gasteiger partial charge in [0, 0.05) is 31.3 Å². The third-order valence-electron chi connectivity index (χ3n) is 5.27. The lowest BCUT2D eigenvalue weighted by Gasteiger charge is -2.18. The number of nitrogens with zero attached hydrogens (tertiary/aromatic N) is 3. The smallest absolute Gasteiger partial charge is 0.253 e. The number of benzene rings is 2. The molecule has 0 saturated carbocycles. The molecule has 1 saturated heterocycles. The zero-order valence-electron chi connectivity index (χ0n) is 16.2. The highest BCUT2D eigenvalue weighted by Gasteiger charge is 2.17. The van der Waals surface area contributed by atoms with Crippen molar-refractivity contribution in [1.29, 1.82) is 0 Å². The number of amides is 1. The van der Waals surface area contributed by atoms with Crippen LogP contribution in [0, 0.1) is 0 Å². The predicted molar refractivity (Wildman–Crippen MR) is 110 cm³/mol. The van der Waals surface area contributed by atoms with Crippen LogP contribution < -0.4 is 0 Å². The average molecular weight is 375 g/mol. The van der Waals surface area contributed by atoms with Gasteiger partial charge in [-0.15, -0.1) is 0 Å². The number of aromatic nitrogens is 2. The molecule has 3 aromatic rings. The van der Waals surface area contributed by atoms with Gasteiger partial charge >= 0.3 is 0 Å². The molecule has 1 unspecified atom stereocenters. The third-order valence-corrected chi connectivity index (χ3v) is 5.27. The van der Waals surface area contributed by atoms with Gasteiger partial charge in [-0.1, -0.05) is 24.3 Å². The number of rotatable bonds is 6. The van der Waals surface area contributed by atoms with Crippen LogP contribution in [0.25, 0.3) is 22.3 Å². The van der Waals surface area contributed by atoms with Crippen molar-refractivity contribution >= 4 is 16.9 Å². The predicted octanol–water partition coefficient (Wildman–Crippen LogP) is 4.33. The minimum absolute atomic E-state index is 0.0449. The number of carbonyl (C=O) groups excluding carboxylic acids is 1. The lowest BCUT2D eigenvalue weighted by Crippen LogP contribution is -2.28. The van der Waals surface area contributed by atoms with Gasteiger partial charge in [0.05, 0.1) is 29.0 Å². The second-order valence-electron chi connectivity index (χ2n) is 7.33. The van der Waals surface area contributed by atoms with Crippen LogP contribution in [0.4, 0.5) is 0 Å². The monoisotopic (exact) mass is 375 g/mol. The van der Waals surface area contributed by atoms with E-state index >= 15 is 0 Å². The molecule has 5 nitrogen and oxygen atoms in total. The van der Waals surface area contributed by atoms with E-state index in [9.17, 15) is 4.79 Å². The molecule has 28 heavy (non-hydrogen) atoms. The number of ether oxygens (including phenoxy) is 1. The molecule has 1 aliphatic heterocycles. The van der Waals surface area contributed by atoms with Crippen molar-refractivity contribution in [2.24, 2.45) is 0 Å². The molecule has 0 bridgehead atoms. The summed E-state index contributed by atoms with van der Waals surface area (Å²) in [6.45, 7) is 1.63. The van der Waals surface area contributed by atoms with Crippen molar-refractivity contribution in [3.05, 3.63) is 60.3 Å². The van der Waals surface area contributed by atoms with Crippen LogP contribution in [-0.4, -0.2) is 47.1 Å². The molecule has 0 radical (unpaired) electrons. The molecular formula is C23H25N3O2. The van der Waals surface area contributed by atoms with Crippen LogP contribution in [0.2, 0.25) is 0 Å². The van der Waals surface area contributed by atoms with E-state index in [0.717, 1.165) is 61.1 Å². The van der Waals surface area contributed by atoms with Crippen molar-refractivity contribution in [3.8, 4) is 11.3 Å². The molecule has 144 valence electrons. The Labute approximate surface area is 165 Å². The van der Waals surface area contributed by atoms with Crippen molar-refractivity contribution in [1.82, 2.24) is 14.9 Å². The second kappa shape index (κ2) is 8.48. The lowest BCUT2D eigenvalue weighted by molar-refractivity contribution is 0.0763. The summed E-state index contributed by atoms with van der Waals surface area (Å²) < 4.78 is 5.65. The molecule has 0 aliphatic carbocycles. The first kappa shape index (κ1) is 18.6. The fourth-order valence-electron chi connectivity index (χ4n) is 3.63. The Balaban J connectivity index is 1.39. The van der Waals surface area contributed by atoms with E-state index in [4.69, 9.17) is 4.74 Å². The maximum Gasteiger partial charge on any atom is 0.253 e. The first-order valence-corrected chi connectivity index (χ1v) is 9.90. The second-order valence-corrected chi connectivity index (χ2v) is 7.33. The fourth-order valence-corrected chi connectivity index (χ4v) is 3.63. The van der Waals surface area contributed by atoms with Gasteiger partial charge in [0.1, 0.15) is 0 Å². The summed E-state index contributed by atoms with van der Waals surface area (Å²) in [6, 6.07) is 15.4. The zero-order chi connectivity index (χ0) is 19.3. The molecule has 0 spiro atoms. The molecule has 4 rings (SSSR count). The van der Waals surface area contributed by atoms with Crippen LogP contribution in [0.3, 0.4) is 0 Å². The van der Waals surface area contributed by atoms with Gasteiger partial charge in [-0.3, -0.25) is 9.78 Å². The van der Waals surface area contributed by atoms with Crippen LogP contribution in [-0.2, 0) is 4.74 Å². The number of hydrogen-bond acceptors (Lipinski definition) is 4. The van der Waals surface area contributed by atoms with Crippen molar-refractivity contribution in [2.75, 3.05) is 20.2 Å².